The Kier molecular flexibility index (Phi) is 3.77. The van der Waals surface area contributed by atoms with Gasteiger partial charge in [0.1, 0.15) is 21.2 Å². The molecule has 0 saturated carbocycles. The van der Waals surface area contributed by atoms with E-state index >= 15 is 0 Å². The molecule has 0 N–H and O–H groups in total. The molecule has 112 valence electrons. The first-order valence-corrected chi connectivity index (χ1v) is 8.80. The van der Waals surface area contributed by atoms with Gasteiger partial charge in [0.2, 0.25) is 0 Å². The van der Waals surface area contributed by atoms with Gasteiger partial charge in [0.05, 0.1) is 0 Å². The summed E-state index contributed by atoms with van der Waals surface area (Å²) in [5, 5.41) is 1.05. The van der Waals surface area contributed by atoms with E-state index in [0.717, 1.165) is 34.3 Å². The summed E-state index contributed by atoms with van der Waals surface area (Å²) in [6.45, 7) is 2.26. The molecule has 4 heteroatoms. The molecule has 3 nitrogen and oxygen atoms in total. The Morgan fingerprint density at radius 2 is 1.59 bits per heavy atom. The molecule has 0 amide bonds. The van der Waals surface area contributed by atoms with E-state index in [0.29, 0.717) is 0 Å². The van der Waals surface area contributed by atoms with Crippen LogP contribution in [0.5, 0.6) is 0 Å². The highest BCUT2D eigenvalue weighted by Crippen LogP contribution is 2.30. The van der Waals surface area contributed by atoms with E-state index in [1.54, 1.807) is 11.3 Å². The third kappa shape index (κ3) is 2.71. The smallest absolute Gasteiger partial charge is 0.146 e. The molecule has 1 aromatic carbocycles. The van der Waals surface area contributed by atoms with E-state index in [9.17, 15) is 0 Å². The van der Waals surface area contributed by atoms with Crippen LogP contribution in [0.4, 0.5) is 5.82 Å². The van der Waals surface area contributed by atoms with Gasteiger partial charge in [-0.3, -0.25) is 0 Å². The van der Waals surface area contributed by atoms with E-state index in [1.165, 1.54) is 31.2 Å². The minimum Gasteiger partial charge on any atom is -0.357 e. The first-order valence-electron chi connectivity index (χ1n) is 7.98. The fourth-order valence-corrected chi connectivity index (χ4v) is 3.93. The van der Waals surface area contributed by atoms with Gasteiger partial charge >= 0.3 is 0 Å². The number of hydrogen-bond donors (Lipinski definition) is 0. The van der Waals surface area contributed by atoms with Crippen molar-refractivity contribution in [2.75, 3.05) is 18.0 Å². The summed E-state index contributed by atoms with van der Waals surface area (Å²) < 4.78 is 0. The van der Waals surface area contributed by atoms with E-state index in [1.807, 2.05) is 6.07 Å². The van der Waals surface area contributed by atoms with Crippen LogP contribution in [0.3, 0.4) is 0 Å². The van der Waals surface area contributed by atoms with Crippen LogP contribution in [-0.4, -0.2) is 23.1 Å². The molecule has 4 rings (SSSR count). The van der Waals surface area contributed by atoms with E-state index in [-0.39, 0.29) is 0 Å². The maximum absolute atomic E-state index is 4.87. The van der Waals surface area contributed by atoms with Crippen molar-refractivity contribution in [2.24, 2.45) is 0 Å². The average molecular weight is 309 g/mol. The Labute approximate surface area is 134 Å². The molecule has 0 spiro atoms. The summed E-state index contributed by atoms with van der Waals surface area (Å²) in [5.74, 6) is 1.11. The largest absolute Gasteiger partial charge is 0.357 e. The summed E-state index contributed by atoms with van der Waals surface area (Å²) in [7, 11) is 0. The van der Waals surface area contributed by atoms with Crippen molar-refractivity contribution in [1.82, 2.24) is 9.97 Å². The number of nitrogens with zero attached hydrogens (tertiary/aromatic N) is 3. The first-order chi connectivity index (χ1) is 10.9. The van der Waals surface area contributed by atoms with Gasteiger partial charge < -0.3 is 4.90 Å². The molecule has 1 aliphatic heterocycles. The van der Waals surface area contributed by atoms with Crippen molar-refractivity contribution in [3.05, 3.63) is 42.5 Å². The van der Waals surface area contributed by atoms with Crippen LogP contribution in [0.25, 0.3) is 20.9 Å². The highest BCUT2D eigenvalue weighted by atomic mass is 32.1. The number of hydrogen-bond acceptors (Lipinski definition) is 4. The Morgan fingerprint density at radius 3 is 2.36 bits per heavy atom. The maximum Gasteiger partial charge on any atom is 0.146 e. The van der Waals surface area contributed by atoms with Gasteiger partial charge in [-0.25, -0.2) is 9.97 Å². The van der Waals surface area contributed by atoms with Crippen molar-refractivity contribution >= 4 is 27.5 Å². The number of thiazole rings is 1. The topological polar surface area (TPSA) is 29.0 Å². The molecule has 2 aromatic heterocycles. The highest BCUT2D eigenvalue weighted by Gasteiger charge is 2.13. The maximum atomic E-state index is 4.87. The molecule has 22 heavy (non-hydrogen) atoms. The van der Waals surface area contributed by atoms with Crippen LogP contribution < -0.4 is 4.90 Å². The highest BCUT2D eigenvalue weighted by molar-refractivity contribution is 7.21. The van der Waals surface area contributed by atoms with Gasteiger partial charge in [-0.2, -0.15) is 0 Å². The molecule has 3 heterocycles. The minimum atomic E-state index is 1.00. The van der Waals surface area contributed by atoms with Crippen molar-refractivity contribution in [3.63, 3.8) is 0 Å². The van der Waals surface area contributed by atoms with Gasteiger partial charge in [-0.15, -0.1) is 0 Å². The summed E-state index contributed by atoms with van der Waals surface area (Å²) in [6, 6.07) is 14.6. The van der Waals surface area contributed by atoms with E-state index < -0.39 is 0 Å². The standard InChI is InChI=1S/C18H19N3S/c1-2-7-13-21(12-6-1)16-11-10-15-18(20-16)22-17(19-15)14-8-4-3-5-9-14/h3-5,8-11H,1-2,6-7,12-13H2. The molecule has 1 saturated heterocycles. The van der Waals surface area contributed by atoms with Gasteiger partial charge in [-0.1, -0.05) is 54.5 Å². The fraction of sp³-hybridized carbons (Fsp3) is 0.333. The quantitative estimate of drug-likeness (QED) is 0.684. The van der Waals surface area contributed by atoms with E-state index in [2.05, 4.69) is 41.3 Å². The summed E-state index contributed by atoms with van der Waals surface area (Å²) >= 11 is 1.68. The van der Waals surface area contributed by atoms with Crippen LogP contribution in [0, 0.1) is 0 Å². The first kappa shape index (κ1) is 13.7. The molecule has 1 aliphatic rings. The van der Waals surface area contributed by atoms with Gasteiger partial charge in [0.15, 0.2) is 0 Å². The fourth-order valence-electron chi connectivity index (χ4n) is 2.99. The third-order valence-electron chi connectivity index (χ3n) is 4.19. The second kappa shape index (κ2) is 6.05. The van der Waals surface area contributed by atoms with Crippen molar-refractivity contribution < 1.29 is 0 Å². The zero-order chi connectivity index (χ0) is 14.8. The monoisotopic (exact) mass is 309 g/mol. The molecule has 0 radical (unpaired) electrons. The Morgan fingerprint density at radius 1 is 0.818 bits per heavy atom. The molecular weight excluding hydrogens is 290 g/mol. The number of anilines is 1. The van der Waals surface area contributed by atoms with Gasteiger partial charge in [-0.05, 0) is 25.0 Å². The number of aromatic nitrogens is 2. The lowest BCUT2D eigenvalue weighted by atomic mass is 10.2. The van der Waals surface area contributed by atoms with Gasteiger partial charge in [0.25, 0.3) is 0 Å². The molecule has 0 unspecified atom stereocenters. The summed E-state index contributed by atoms with van der Waals surface area (Å²) in [5.41, 5.74) is 2.17. The zero-order valence-corrected chi connectivity index (χ0v) is 13.4. The summed E-state index contributed by atoms with van der Waals surface area (Å²) in [6.07, 6.45) is 5.24. The van der Waals surface area contributed by atoms with Crippen LogP contribution in [0.1, 0.15) is 25.7 Å². The van der Waals surface area contributed by atoms with Crippen molar-refractivity contribution in [3.8, 4) is 10.6 Å². The van der Waals surface area contributed by atoms with Crippen LogP contribution in [0.2, 0.25) is 0 Å². The van der Waals surface area contributed by atoms with Crippen LogP contribution >= 0.6 is 11.3 Å². The predicted molar refractivity (Wildman–Crippen MR) is 93.5 cm³/mol. The normalized spacial score (nSPS) is 15.9. The van der Waals surface area contributed by atoms with Crippen molar-refractivity contribution in [1.29, 1.82) is 0 Å². The van der Waals surface area contributed by atoms with Gasteiger partial charge in [0, 0.05) is 18.7 Å². The second-order valence-electron chi connectivity index (χ2n) is 5.78. The zero-order valence-electron chi connectivity index (χ0n) is 12.5. The van der Waals surface area contributed by atoms with E-state index in [4.69, 9.17) is 9.97 Å². The lowest BCUT2D eigenvalue weighted by Crippen LogP contribution is -2.24. The second-order valence-corrected chi connectivity index (χ2v) is 6.76. The van der Waals surface area contributed by atoms with Crippen LogP contribution in [-0.2, 0) is 0 Å². The molecule has 0 aliphatic carbocycles. The lowest BCUT2D eigenvalue weighted by Gasteiger charge is -2.20. The average Bonchev–Trinajstić information content (AvgIpc) is 2.81. The lowest BCUT2D eigenvalue weighted by molar-refractivity contribution is 0.726. The summed E-state index contributed by atoms with van der Waals surface area (Å²) in [4.78, 5) is 13.1. The Balaban J connectivity index is 1.69. The number of fused-ring (bicyclic) bond motifs is 1. The van der Waals surface area contributed by atoms with Crippen molar-refractivity contribution in [2.45, 2.75) is 25.7 Å². The number of rotatable bonds is 2. The predicted octanol–water partition coefficient (Wildman–Crippen LogP) is 4.74. The Bertz CT molecular complexity index is 758. The molecule has 0 bridgehead atoms. The molecule has 3 aromatic rings. The number of benzene rings is 1. The SMILES string of the molecule is c1ccc(-c2nc3ccc(N4CCCCCC4)nc3s2)cc1. The third-order valence-corrected chi connectivity index (χ3v) is 5.21. The Hall–Kier alpha value is -1.94. The molecular formula is C18H19N3S. The minimum absolute atomic E-state index is 1.00. The molecule has 1 fully saturated rings. The van der Waals surface area contributed by atoms with Crippen LogP contribution in [0.15, 0.2) is 42.5 Å². The molecule has 0 atom stereocenters. The number of pyridine rings is 1.